The van der Waals surface area contributed by atoms with Gasteiger partial charge < -0.3 is 15.3 Å². The Bertz CT molecular complexity index is 685. The Balaban J connectivity index is 2.20. The molecule has 0 spiro atoms. The normalized spacial score (nSPS) is 10.0. The highest BCUT2D eigenvalue weighted by Gasteiger charge is 2.10. The minimum Gasteiger partial charge on any atom is -0.477 e. The number of nitrogens with zero attached hydrogens (tertiary/aromatic N) is 3. The van der Waals surface area contributed by atoms with Crippen LogP contribution in [0.3, 0.4) is 0 Å². The summed E-state index contributed by atoms with van der Waals surface area (Å²) in [6.07, 6.45) is 2.87. The van der Waals surface area contributed by atoms with Gasteiger partial charge in [0.05, 0.1) is 0 Å². The summed E-state index contributed by atoms with van der Waals surface area (Å²) < 4.78 is 0. The minimum atomic E-state index is -1.15. The standard InChI is InChI=1S/C14H14N4O3/c1-18(2)12-7-9(3-5-16-12)13(19)17-10-4-6-15-11(8-10)14(20)21/h3-8H,1-2H3,(H,20,21)(H,15,17,19). The second-order valence-corrected chi connectivity index (χ2v) is 4.49. The zero-order valence-electron chi connectivity index (χ0n) is 11.6. The van der Waals surface area contributed by atoms with Gasteiger partial charge in [-0.2, -0.15) is 0 Å². The molecule has 2 aromatic heterocycles. The van der Waals surface area contributed by atoms with Gasteiger partial charge in [0.2, 0.25) is 0 Å². The van der Waals surface area contributed by atoms with Crippen LogP contribution in [0.25, 0.3) is 0 Å². The molecule has 21 heavy (non-hydrogen) atoms. The van der Waals surface area contributed by atoms with Gasteiger partial charge in [0, 0.05) is 37.7 Å². The Morgan fingerprint density at radius 2 is 1.86 bits per heavy atom. The number of carbonyl (C=O) groups excluding carboxylic acids is 1. The Kier molecular flexibility index (Phi) is 4.13. The molecular formula is C14H14N4O3. The number of carbonyl (C=O) groups is 2. The highest BCUT2D eigenvalue weighted by atomic mass is 16.4. The van der Waals surface area contributed by atoms with E-state index in [2.05, 4.69) is 15.3 Å². The molecule has 7 heteroatoms. The average Bonchev–Trinajstić information content (AvgIpc) is 2.47. The molecule has 0 aliphatic carbocycles. The van der Waals surface area contributed by atoms with Crippen LogP contribution in [0, 0.1) is 0 Å². The molecule has 0 aromatic carbocycles. The van der Waals surface area contributed by atoms with E-state index in [1.54, 1.807) is 23.2 Å². The Morgan fingerprint density at radius 1 is 1.14 bits per heavy atom. The quantitative estimate of drug-likeness (QED) is 0.884. The summed E-state index contributed by atoms with van der Waals surface area (Å²) in [5.74, 6) is -0.837. The maximum atomic E-state index is 12.1. The second-order valence-electron chi connectivity index (χ2n) is 4.49. The van der Waals surface area contributed by atoms with Crippen molar-refractivity contribution in [1.29, 1.82) is 0 Å². The van der Waals surface area contributed by atoms with Gasteiger partial charge >= 0.3 is 5.97 Å². The zero-order chi connectivity index (χ0) is 15.4. The van der Waals surface area contributed by atoms with Crippen LogP contribution in [0.2, 0.25) is 0 Å². The molecule has 0 saturated carbocycles. The number of aromatic nitrogens is 2. The van der Waals surface area contributed by atoms with Crippen molar-refractivity contribution in [1.82, 2.24) is 9.97 Å². The highest BCUT2D eigenvalue weighted by molar-refractivity contribution is 6.05. The summed E-state index contributed by atoms with van der Waals surface area (Å²) in [6, 6.07) is 6.06. The molecule has 0 radical (unpaired) electrons. The van der Waals surface area contributed by atoms with Gasteiger partial charge in [0.1, 0.15) is 11.5 Å². The maximum absolute atomic E-state index is 12.1. The first-order chi connectivity index (χ1) is 9.97. The highest BCUT2D eigenvalue weighted by Crippen LogP contribution is 2.13. The predicted molar refractivity (Wildman–Crippen MR) is 77.7 cm³/mol. The van der Waals surface area contributed by atoms with Gasteiger partial charge in [-0.05, 0) is 24.3 Å². The van der Waals surface area contributed by atoms with E-state index >= 15 is 0 Å². The number of hydrogen-bond acceptors (Lipinski definition) is 5. The number of aromatic carboxylic acids is 1. The molecule has 2 heterocycles. The molecule has 0 atom stereocenters. The third-order valence-corrected chi connectivity index (χ3v) is 2.70. The molecule has 0 aliphatic heterocycles. The maximum Gasteiger partial charge on any atom is 0.354 e. The van der Waals surface area contributed by atoms with Crippen molar-refractivity contribution in [3.05, 3.63) is 47.9 Å². The number of pyridine rings is 2. The summed E-state index contributed by atoms with van der Waals surface area (Å²) in [5.41, 5.74) is 0.675. The van der Waals surface area contributed by atoms with Crippen molar-refractivity contribution in [2.75, 3.05) is 24.3 Å². The summed E-state index contributed by atoms with van der Waals surface area (Å²) >= 11 is 0. The van der Waals surface area contributed by atoms with Gasteiger partial charge in [-0.15, -0.1) is 0 Å². The van der Waals surface area contributed by atoms with E-state index in [9.17, 15) is 9.59 Å². The van der Waals surface area contributed by atoms with Crippen LogP contribution in [0.4, 0.5) is 11.5 Å². The summed E-state index contributed by atoms with van der Waals surface area (Å²) in [7, 11) is 3.65. The first-order valence-corrected chi connectivity index (χ1v) is 6.11. The minimum absolute atomic E-state index is 0.128. The molecule has 0 bridgehead atoms. The lowest BCUT2D eigenvalue weighted by molar-refractivity contribution is 0.0690. The lowest BCUT2D eigenvalue weighted by Crippen LogP contribution is -2.15. The van der Waals surface area contributed by atoms with E-state index in [-0.39, 0.29) is 11.6 Å². The topological polar surface area (TPSA) is 95.4 Å². The zero-order valence-corrected chi connectivity index (χ0v) is 11.6. The van der Waals surface area contributed by atoms with Gasteiger partial charge in [-0.3, -0.25) is 4.79 Å². The average molecular weight is 286 g/mol. The molecule has 0 aliphatic rings. The van der Waals surface area contributed by atoms with Crippen LogP contribution in [0.1, 0.15) is 20.8 Å². The van der Waals surface area contributed by atoms with Gasteiger partial charge in [-0.1, -0.05) is 0 Å². The van der Waals surface area contributed by atoms with Crippen molar-refractivity contribution in [2.45, 2.75) is 0 Å². The predicted octanol–water partition coefficient (Wildman–Crippen LogP) is 1.49. The van der Waals surface area contributed by atoms with Crippen LogP contribution >= 0.6 is 0 Å². The largest absolute Gasteiger partial charge is 0.477 e. The summed E-state index contributed by atoms with van der Waals surface area (Å²) in [6.45, 7) is 0. The lowest BCUT2D eigenvalue weighted by Gasteiger charge is -2.12. The van der Waals surface area contributed by atoms with Crippen molar-refractivity contribution in [3.8, 4) is 0 Å². The molecule has 0 fully saturated rings. The third kappa shape index (κ3) is 3.53. The lowest BCUT2D eigenvalue weighted by atomic mass is 10.2. The van der Waals surface area contributed by atoms with Gasteiger partial charge in [-0.25, -0.2) is 14.8 Å². The van der Waals surface area contributed by atoms with E-state index in [0.29, 0.717) is 17.1 Å². The number of amides is 1. The number of hydrogen-bond donors (Lipinski definition) is 2. The van der Waals surface area contributed by atoms with E-state index in [1.807, 2.05) is 14.1 Å². The number of anilines is 2. The van der Waals surface area contributed by atoms with E-state index in [4.69, 9.17) is 5.11 Å². The van der Waals surface area contributed by atoms with E-state index < -0.39 is 5.97 Å². The third-order valence-electron chi connectivity index (χ3n) is 2.70. The fraction of sp³-hybridized carbons (Fsp3) is 0.143. The van der Waals surface area contributed by atoms with Crippen LogP contribution in [0.5, 0.6) is 0 Å². The number of carboxylic acid groups (broad SMARTS) is 1. The summed E-state index contributed by atoms with van der Waals surface area (Å²) in [4.78, 5) is 32.6. The molecule has 2 N–H and O–H groups in total. The van der Waals surface area contributed by atoms with E-state index in [0.717, 1.165) is 0 Å². The van der Waals surface area contributed by atoms with Crippen LogP contribution < -0.4 is 10.2 Å². The molecule has 108 valence electrons. The van der Waals surface area contributed by atoms with Crippen LogP contribution in [-0.4, -0.2) is 41.0 Å². The molecular weight excluding hydrogens is 272 g/mol. The SMILES string of the molecule is CN(C)c1cc(C(=O)Nc2ccnc(C(=O)O)c2)ccn1. The molecule has 2 rings (SSSR count). The first kappa shape index (κ1) is 14.4. The second kappa shape index (κ2) is 6.00. The van der Waals surface area contributed by atoms with Crippen molar-refractivity contribution < 1.29 is 14.7 Å². The number of rotatable bonds is 4. The Morgan fingerprint density at radius 3 is 2.52 bits per heavy atom. The Labute approximate surface area is 121 Å². The first-order valence-electron chi connectivity index (χ1n) is 6.11. The van der Waals surface area contributed by atoms with Crippen molar-refractivity contribution in [2.24, 2.45) is 0 Å². The number of nitrogens with one attached hydrogen (secondary N) is 1. The summed E-state index contributed by atoms with van der Waals surface area (Å²) in [5, 5.41) is 11.5. The molecule has 0 saturated heterocycles. The van der Waals surface area contributed by atoms with Crippen molar-refractivity contribution in [3.63, 3.8) is 0 Å². The van der Waals surface area contributed by atoms with Gasteiger partial charge in [0.25, 0.3) is 5.91 Å². The smallest absolute Gasteiger partial charge is 0.354 e. The van der Waals surface area contributed by atoms with Crippen LogP contribution in [-0.2, 0) is 0 Å². The van der Waals surface area contributed by atoms with Gasteiger partial charge in [0.15, 0.2) is 0 Å². The molecule has 0 unspecified atom stereocenters. The van der Waals surface area contributed by atoms with Crippen LogP contribution in [0.15, 0.2) is 36.7 Å². The van der Waals surface area contributed by atoms with E-state index in [1.165, 1.54) is 18.3 Å². The monoisotopic (exact) mass is 286 g/mol. The Hall–Kier alpha value is -2.96. The molecule has 1 amide bonds. The fourth-order valence-corrected chi connectivity index (χ4v) is 1.63. The molecule has 7 nitrogen and oxygen atoms in total. The molecule has 2 aromatic rings. The fourth-order valence-electron chi connectivity index (χ4n) is 1.63. The van der Waals surface area contributed by atoms with Crippen molar-refractivity contribution >= 4 is 23.4 Å². The number of carboxylic acids is 1.